The molecule has 17 heavy (non-hydrogen) atoms. The van der Waals surface area contributed by atoms with Gasteiger partial charge in [0.1, 0.15) is 6.61 Å². The first-order valence-electron chi connectivity index (χ1n) is 6.44. The highest BCUT2D eigenvalue weighted by atomic mass is 16.5. The van der Waals surface area contributed by atoms with Crippen molar-refractivity contribution in [1.82, 2.24) is 9.80 Å². The molecule has 1 aliphatic rings. The number of carbonyl (C=O) groups is 1. The average Bonchev–Trinajstić information content (AvgIpc) is 2.50. The molecule has 1 fully saturated rings. The number of amides is 1. The standard InChI is InChI=1S/C12H25N3O2/c1-3-11-9-14(2)6-4-7-15(11)12(16)10-17-8-5-13/h11H,3-10,13H2,1-2H3. The molecule has 1 aliphatic heterocycles. The number of nitrogens with two attached hydrogens (primary N) is 1. The quantitative estimate of drug-likeness (QED) is 0.685. The van der Waals surface area contributed by atoms with E-state index in [9.17, 15) is 4.79 Å². The van der Waals surface area contributed by atoms with E-state index in [2.05, 4.69) is 18.9 Å². The maximum Gasteiger partial charge on any atom is 0.248 e. The Kier molecular flexibility index (Phi) is 6.47. The Balaban J connectivity index is 2.49. The third kappa shape index (κ3) is 4.61. The van der Waals surface area contributed by atoms with Crippen molar-refractivity contribution in [1.29, 1.82) is 0 Å². The summed E-state index contributed by atoms with van der Waals surface area (Å²) in [7, 11) is 2.11. The highest BCUT2D eigenvalue weighted by Crippen LogP contribution is 2.12. The summed E-state index contributed by atoms with van der Waals surface area (Å²) in [4.78, 5) is 16.3. The van der Waals surface area contributed by atoms with Crippen LogP contribution in [0.1, 0.15) is 19.8 Å². The highest BCUT2D eigenvalue weighted by Gasteiger charge is 2.25. The van der Waals surface area contributed by atoms with Gasteiger partial charge in [-0.25, -0.2) is 0 Å². The monoisotopic (exact) mass is 243 g/mol. The molecule has 0 spiro atoms. The Morgan fingerprint density at radius 2 is 2.24 bits per heavy atom. The zero-order valence-corrected chi connectivity index (χ0v) is 11.0. The summed E-state index contributed by atoms with van der Waals surface area (Å²) in [6, 6.07) is 0.316. The summed E-state index contributed by atoms with van der Waals surface area (Å²) in [5.74, 6) is 0.0978. The molecule has 0 aromatic heterocycles. The van der Waals surface area contributed by atoms with Gasteiger partial charge in [0, 0.05) is 25.7 Å². The third-order valence-electron chi connectivity index (χ3n) is 3.18. The second kappa shape index (κ2) is 7.63. The van der Waals surface area contributed by atoms with E-state index in [1.165, 1.54) is 0 Å². The molecule has 1 amide bonds. The molecule has 0 aromatic carbocycles. The van der Waals surface area contributed by atoms with Crippen molar-refractivity contribution in [2.75, 3.05) is 46.4 Å². The Hall–Kier alpha value is -0.650. The second-order valence-electron chi connectivity index (χ2n) is 4.61. The minimum Gasteiger partial charge on any atom is -0.370 e. The van der Waals surface area contributed by atoms with Gasteiger partial charge in [0.05, 0.1) is 6.61 Å². The summed E-state index contributed by atoms with van der Waals surface area (Å²) in [6.45, 7) is 6.07. The average molecular weight is 243 g/mol. The maximum absolute atomic E-state index is 12.0. The van der Waals surface area contributed by atoms with Gasteiger partial charge in [-0.15, -0.1) is 0 Å². The number of hydrogen-bond donors (Lipinski definition) is 1. The molecular weight excluding hydrogens is 218 g/mol. The first kappa shape index (κ1) is 14.4. The lowest BCUT2D eigenvalue weighted by Crippen LogP contribution is -2.45. The molecule has 0 aliphatic carbocycles. The van der Waals surface area contributed by atoms with Gasteiger partial charge >= 0.3 is 0 Å². The van der Waals surface area contributed by atoms with Gasteiger partial charge < -0.3 is 20.3 Å². The van der Waals surface area contributed by atoms with Crippen LogP contribution in [0, 0.1) is 0 Å². The van der Waals surface area contributed by atoms with Gasteiger partial charge in [-0.2, -0.15) is 0 Å². The highest BCUT2D eigenvalue weighted by molar-refractivity contribution is 5.77. The Labute approximate surface area is 104 Å². The first-order chi connectivity index (χ1) is 8.19. The van der Waals surface area contributed by atoms with Crippen LogP contribution in [0.3, 0.4) is 0 Å². The van der Waals surface area contributed by atoms with Gasteiger partial charge in [0.15, 0.2) is 0 Å². The van der Waals surface area contributed by atoms with Crippen LogP contribution in [-0.2, 0) is 9.53 Å². The predicted molar refractivity (Wildman–Crippen MR) is 67.8 cm³/mol. The van der Waals surface area contributed by atoms with Crippen molar-refractivity contribution in [2.24, 2.45) is 5.73 Å². The van der Waals surface area contributed by atoms with E-state index in [1.807, 2.05) is 4.90 Å². The SMILES string of the molecule is CCC1CN(C)CCCN1C(=O)COCCN. The minimum absolute atomic E-state index is 0.0978. The number of rotatable bonds is 5. The molecule has 1 saturated heterocycles. The number of carbonyl (C=O) groups excluding carboxylic acids is 1. The van der Waals surface area contributed by atoms with Gasteiger partial charge in [-0.05, 0) is 26.4 Å². The number of likely N-dealkylation sites (N-methyl/N-ethyl adjacent to an activating group) is 1. The Morgan fingerprint density at radius 3 is 2.88 bits per heavy atom. The van der Waals surface area contributed by atoms with E-state index in [-0.39, 0.29) is 12.5 Å². The molecule has 2 N–H and O–H groups in total. The molecule has 0 aromatic rings. The van der Waals surface area contributed by atoms with Gasteiger partial charge in [-0.3, -0.25) is 4.79 Å². The van der Waals surface area contributed by atoms with E-state index < -0.39 is 0 Å². The van der Waals surface area contributed by atoms with Gasteiger partial charge in [0.2, 0.25) is 5.91 Å². The van der Waals surface area contributed by atoms with E-state index in [4.69, 9.17) is 10.5 Å². The summed E-state index contributed by atoms with van der Waals surface area (Å²) < 4.78 is 5.23. The van der Waals surface area contributed by atoms with Crippen LogP contribution in [0.2, 0.25) is 0 Å². The van der Waals surface area contributed by atoms with E-state index in [0.29, 0.717) is 19.2 Å². The van der Waals surface area contributed by atoms with Crippen molar-refractivity contribution in [3.8, 4) is 0 Å². The number of ether oxygens (including phenoxy) is 1. The molecule has 1 atom stereocenters. The van der Waals surface area contributed by atoms with Crippen LogP contribution < -0.4 is 5.73 Å². The molecule has 5 heteroatoms. The fourth-order valence-electron chi connectivity index (χ4n) is 2.25. The molecule has 1 rings (SSSR count). The normalized spacial score (nSPS) is 22.5. The van der Waals surface area contributed by atoms with Gasteiger partial charge in [-0.1, -0.05) is 6.92 Å². The lowest BCUT2D eigenvalue weighted by molar-refractivity contribution is -0.138. The number of hydrogen-bond acceptors (Lipinski definition) is 4. The van der Waals surface area contributed by atoms with Crippen molar-refractivity contribution < 1.29 is 9.53 Å². The van der Waals surface area contributed by atoms with Crippen LogP contribution in [0.4, 0.5) is 0 Å². The summed E-state index contributed by atoms with van der Waals surface area (Å²) in [6.07, 6.45) is 2.03. The fourth-order valence-corrected chi connectivity index (χ4v) is 2.25. The topological polar surface area (TPSA) is 58.8 Å². The molecule has 0 bridgehead atoms. The Bertz CT molecular complexity index is 236. The van der Waals surface area contributed by atoms with Crippen LogP contribution >= 0.6 is 0 Å². The van der Waals surface area contributed by atoms with Crippen LogP contribution in [0.5, 0.6) is 0 Å². The smallest absolute Gasteiger partial charge is 0.248 e. The summed E-state index contributed by atoms with van der Waals surface area (Å²) >= 11 is 0. The molecule has 5 nitrogen and oxygen atoms in total. The second-order valence-corrected chi connectivity index (χ2v) is 4.61. The van der Waals surface area contributed by atoms with Crippen LogP contribution in [0.15, 0.2) is 0 Å². The van der Waals surface area contributed by atoms with Gasteiger partial charge in [0.25, 0.3) is 0 Å². The molecular formula is C12H25N3O2. The van der Waals surface area contributed by atoms with Crippen molar-refractivity contribution >= 4 is 5.91 Å². The fraction of sp³-hybridized carbons (Fsp3) is 0.917. The largest absolute Gasteiger partial charge is 0.370 e. The van der Waals surface area contributed by atoms with Crippen LogP contribution in [-0.4, -0.2) is 68.2 Å². The first-order valence-corrected chi connectivity index (χ1v) is 6.44. The molecule has 1 unspecified atom stereocenters. The molecule has 1 heterocycles. The summed E-state index contributed by atoms with van der Waals surface area (Å²) in [5.41, 5.74) is 5.33. The zero-order valence-electron chi connectivity index (χ0n) is 11.0. The minimum atomic E-state index is 0.0978. The van der Waals surface area contributed by atoms with E-state index >= 15 is 0 Å². The van der Waals surface area contributed by atoms with E-state index in [0.717, 1.165) is 32.5 Å². The molecule has 0 saturated carbocycles. The Morgan fingerprint density at radius 1 is 1.47 bits per heavy atom. The van der Waals surface area contributed by atoms with Crippen molar-refractivity contribution in [2.45, 2.75) is 25.8 Å². The maximum atomic E-state index is 12.0. The van der Waals surface area contributed by atoms with Crippen molar-refractivity contribution in [3.05, 3.63) is 0 Å². The molecule has 100 valence electrons. The van der Waals surface area contributed by atoms with Crippen molar-refractivity contribution in [3.63, 3.8) is 0 Å². The predicted octanol–water partition coefficient (Wildman–Crippen LogP) is -0.0956. The third-order valence-corrected chi connectivity index (χ3v) is 3.18. The summed E-state index contributed by atoms with van der Waals surface area (Å²) in [5, 5.41) is 0. The lowest BCUT2D eigenvalue weighted by atomic mass is 10.2. The van der Waals surface area contributed by atoms with Crippen LogP contribution in [0.25, 0.3) is 0 Å². The lowest BCUT2D eigenvalue weighted by Gasteiger charge is -2.30. The molecule has 0 radical (unpaired) electrons. The number of nitrogens with zero attached hydrogens (tertiary/aromatic N) is 2. The van der Waals surface area contributed by atoms with E-state index in [1.54, 1.807) is 0 Å². The zero-order chi connectivity index (χ0) is 12.7.